The van der Waals surface area contributed by atoms with Crippen LogP contribution in [-0.2, 0) is 16.6 Å². The van der Waals surface area contributed by atoms with Crippen molar-refractivity contribution in [2.24, 2.45) is 0 Å². The highest BCUT2D eigenvalue weighted by Crippen LogP contribution is 2.23. The third-order valence-corrected chi connectivity index (χ3v) is 6.69. The molecule has 21 heavy (non-hydrogen) atoms. The van der Waals surface area contributed by atoms with Gasteiger partial charge < -0.3 is 4.90 Å². The third kappa shape index (κ3) is 3.67. The topological polar surface area (TPSA) is 66.4 Å². The molecular formula is C12H16N4O2S3. The fourth-order valence-corrected chi connectivity index (χ4v) is 4.68. The summed E-state index contributed by atoms with van der Waals surface area (Å²) in [6, 6.07) is 3.31. The Bertz CT molecular complexity index is 692. The minimum Gasteiger partial charge on any atom is -0.353 e. The molecule has 0 aliphatic rings. The molecule has 9 heteroatoms. The minimum atomic E-state index is -3.54. The quantitative estimate of drug-likeness (QED) is 0.719. The van der Waals surface area contributed by atoms with Gasteiger partial charge >= 0.3 is 0 Å². The number of rotatable bonds is 7. The van der Waals surface area contributed by atoms with Crippen LogP contribution >= 0.6 is 22.9 Å². The molecule has 0 spiro atoms. The van der Waals surface area contributed by atoms with Crippen LogP contribution in [0.4, 0.5) is 5.13 Å². The number of aromatic nitrogens is 2. The molecule has 2 aromatic heterocycles. The Kier molecular flexibility index (Phi) is 5.09. The fourth-order valence-electron chi connectivity index (χ4n) is 1.58. The van der Waals surface area contributed by atoms with Crippen molar-refractivity contribution in [2.45, 2.75) is 10.8 Å². The van der Waals surface area contributed by atoms with Gasteiger partial charge in [0, 0.05) is 32.2 Å². The molecule has 0 aromatic carbocycles. The van der Waals surface area contributed by atoms with Gasteiger partial charge in [0.25, 0.3) is 10.0 Å². The highest BCUT2D eigenvalue weighted by atomic mass is 32.2. The second kappa shape index (κ2) is 6.65. The van der Waals surface area contributed by atoms with Crippen molar-refractivity contribution in [2.75, 3.05) is 25.5 Å². The first-order chi connectivity index (χ1) is 9.95. The smallest absolute Gasteiger partial charge is 0.253 e. The number of hydrogen-bond donors (Lipinski definition) is 0. The van der Waals surface area contributed by atoms with Crippen LogP contribution in [0.3, 0.4) is 0 Å². The molecule has 0 bridgehead atoms. The first-order valence-corrected chi connectivity index (χ1v) is 9.19. The summed E-state index contributed by atoms with van der Waals surface area (Å²) in [4.78, 5) is 6.16. The van der Waals surface area contributed by atoms with Crippen molar-refractivity contribution in [1.82, 2.24) is 13.7 Å². The molecule has 0 N–H and O–H groups in total. The molecule has 2 rings (SSSR count). The summed E-state index contributed by atoms with van der Waals surface area (Å²) in [6.07, 6.45) is 1.56. The zero-order valence-corrected chi connectivity index (χ0v) is 14.2. The molecule has 0 fully saturated rings. The van der Waals surface area contributed by atoms with E-state index < -0.39 is 10.0 Å². The van der Waals surface area contributed by atoms with E-state index in [0.717, 1.165) is 5.13 Å². The largest absolute Gasteiger partial charge is 0.353 e. The van der Waals surface area contributed by atoms with Crippen LogP contribution < -0.4 is 4.90 Å². The Labute approximate surface area is 132 Å². The van der Waals surface area contributed by atoms with Crippen molar-refractivity contribution < 1.29 is 8.42 Å². The number of hydrogen-bond acceptors (Lipinski definition) is 7. The predicted octanol–water partition coefficient (Wildman–Crippen LogP) is 2.04. The first-order valence-electron chi connectivity index (χ1n) is 6.09. The SMILES string of the molecule is C=CCN(Cc1nsc(N(C)C)n1)S(=O)(=O)c1cccs1. The van der Waals surface area contributed by atoms with E-state index in [4.69, 9.17) is 0 Å². The van der Waals surface area contributed by atoms with E-state index in [1.807, 2.05) is 19.0 Å². The van der Waals surface area contributed by atoms with Crippen LogP contribution in [-0.4, -0.2) is 42.7 Å². The zero-order valence-electron chi connectivity index (χ0n) is 11.8. The van der Waals surface area contributed by atoms with Gasteiger partial charge in [-0.15, -0.1) is 17.9 Å². The molecule has 0 radical (unpaired) electrons. The Hall–Kier alpha value is -1.29. The van der Waals surface area contributed by atoms with E-state index in [1.54, 1.807) is 23.6 Å². The van der Waals surface area contributed by atoms with Gasteiger partial charge in [-0.05, 0) is 11.4 Å². The van der Waals surface area contributed by atoms with Gasteiger partial charge in [0.1, 0.15) is 4.21 Å². The maximum atomic E-state index is 12.6. The van der Waals surface area contributed by atoms with Crippen LogP contribution in [0.2, 0.25) is 0 Å². The number of anilines is 1. The second-order valence-corrected chi connectivity index (χ2v) is 8.25. The molecule has 0 saturated heterocycles. The lowest BCUT2D eigenvalue weighted by atomic mass is 10.5. The predicted molar refractivity (Wildman–Crippen MR) is 86.3 cm³/mol. The van der Waals surface area contributed by atoms with Crippen LogP contribution in [0, 0.1) is 0 Å². The normalized spacial score (nSPS) is 11.8. The Morgan fingerprint density at radius 2 is 2.19 bits per heavy atom. The Balaban J connectivity index is 2.25. The van der Waals surface area contributed by atoms with E-state index in [2.05, 4.69) is 15.9 Å². The Morgan fingerprint density at radius 1 is 1.43 bits per heavy atom. The summed E-state index contributed by atoms with van der Waals surface area (Å²) in [7, 11) is 0.201. The highest BCUT2D eigenvalue weighted by molar-refractivity contribution is 7.91. The number of thiophene rings is 1. The fraction of sp³-hybridized carbons (Fsp3) is 0.333. The molecule has 0 saturated carbocycles. The van der Waals surface area contributed by atoms with Gasteiger partial charge in [-0.2, -0.15) is 8.68 Å². The van der Waals surface area contributed by atoms with Gasteiger partial charge in [-0.1, -0.05) is 12.1 Å². The lowest BCUT2D eigenvalue weighted by Crippen LogP contribution is -2.30. The van der Waals surface area contributed by atoms with Crippen molar-refractivity contribution in [3.8, 4) is 0 Å². The van der Waals surface area contributed by atoms with Crippen LogP contribution in [0.5, 0.6) is 0 Å². The molecule has 6 nitrogen and oxygen atoms in total. The van der Waals surface area contributed by atoms with Crippen molar-refractivity contribution in [3.63, 3.8) is 0 Å². The maximum absolute atomic E-state index is 12.6. The molecular weight excluding hydrogens is 328 g/mol. The van der Waals surface area contributed by atoms with Crippen molar-refractivity contribution in [3.05, 3.63) is 36.0 Å². The number of nitrogens with zero attached hydrogens (tertiary/aromatic N) is 4. The molecule has 0 aliphatic carbocycles. The van der Waals surface area contributed by atoms with Gasteiger partial charge in [-0.25, -0.2) is 13.4 Å². The van der Waals surface area contributed by atoms with E-state index in [1.165, 1.54) is 27.2 Å². The minimum absolute atomic E-state index is 0.136. The van der Waals surface area contributed by atoms with Crippen LogP contribution in [0.1, 0.15) is 5.82 Å². The molecule has 0 atom stereocenters. The van der Waals surface area contributed by atoms with Gasteiger partial charge in [0.05, 0.1) is 6.54 Å². The standard InChI is InChI=1S/C12H16N4O2S3/c1-4-7-16(21(17,18)11-6-5-8-19-11)9-10-13-12(15(2)3)20-14-10/h4-6,8H,1,7,9H2,2-3H3. The molecule has 0 unspecified atom stereocenters. The molecule has 2 aromatic rings. The lowest BCUT2D eigenvalue weighted by Gasteiger charge is -2.18. The molecule has 0 amide bonds. The van der Waals surface area contributed by atoms with E-state index >= 15 is 0 Å². The maximum Gasteiger partial charge on any atom is 0.253 e. The summed E-state index contributed by atoms with van der Waals surface area (Å²) in [5.41, 5.74) is 0. The lowest BCUT2D eigenvalue weighted by molar-refractivity contribution is 0.432. The van der Waals surface area contributed by atoms with Crippen LogP contribution in [0.25, 0.3) is 0 Å². The summed E-state index contributed by atoms with van der Waals surface area (Å²) >= 11 is 2.44. The van der Waals surface area contributed by atoms with Gasteiger partial charge in [0.2, 0.25) is 5.13 Å². The average Bonchev–Trinajstić information content (AvgIpc) is 3.09. The third-order valence-electron chi connectivity index (χ3n) is 2.58. The van der Waals surface area contributed by atoms with E-state index in [0.29, 0.717) is 10.0 Å². The highest BCUT2D eigenvalue weighted by Gasteiger charge is 2.26. The summed E-state index contributed by atoms with van der Waals surface area (Å²) < 4.78 is 31.0. The van der Waals surface area contributed by atoms with Crippen molar-refractivity contribution in [1.29, 1.82) is 0 Å². The first kappa shape index (κ1) is 16.1. The summed E-state index contributed by atoms with van der Waals surface area (Å²) in [5.74, 6) is 0.491. The van der Waals surface area contributed by atoms with Crippen molar-refractivity contribution >= 4 is 38.0 Å². The monoisotopic (exact) mass is 344 g/mol. The molecule has 114 valence electrons. The molecule has 0 aliphatic heterocycles. The number of sulfonamides is 1. The summed E-state index contributed by atoms with van der Waals surface area (Å²) in [6.45, 7) is 3.98. The van der Waals surface area contributed by atoms with Crippen LogP contribution in [0.15, 0.2) is 34.4 Å². The summed E-state index contributed by atoms with van der Waals surface area (Å²) in [5, 5.41) is 2.49. The Morgan fingerprint density at radius 3 is 2.71 bits per heavy atom. The second-order valence-electron chi connectivity index (χ2n) is 4.41. The van der Waals surface area contributed by atoms with Gasteiger partial charge in [-0.3, -0.25) is 0 Å². The average molecular weight is 344 g/mol. The van der Waals surface area contributed by atoms with E-state index in [-0.39, 0.29) is 13.1 Å². The molecule has 2 heterocycles. The zero-order chi connectivity index (χ0) is 15.5. The van der Waals surface area contributed by atoms with E-state index in [9.17, 15) is 8.42 Å². The van der Waals surface area contributed by atoms with Gasteiger partial charge in [0.15, 0.2) is 5.82 Å².